The second-order valence-corrected chi connectivity index (χ2v) is 4.22. The van der Waals surface area contributed by atoms with Crippen LogP contribution in [0.3, 0.4) is 0 Å². The van der Waals surface area contributed by atoms with Crippen LogP contribution in [0.5, 0.6) is 0 Å². The van der Waals surface area contributed by atoms with Gasteiger partial charge in [0.25, 0.3) is 0 Å². The largest absolute Gasteiger partial charge is 0.392 e. The van der Waals surface area contributed by atoms with Crippen LogP contribution in [-0.4, -0.2) is 36.2 Å². The van der Waals surface area contributed by atoms with Crippen molar-refractivity contribution < 1.29 is 5.11 Å². The van der Waals surface area contributed by atoms with E-state index >= 15 is 0 Å². The Morgan fingerprint density at radius 1 is 1.42 bits per heavy atom. The molecule has 0 aromatic carbocycles. The fourth-order valence-corrected chi connectivity index (χ4v) is 2.16. The fourth-order valence-electron chi connectivity index (χ4n) is 2.16. The Morgan fingerprint density at radius 2 is 2.00 bits per heavy atom. The van der Waals surface area contributed by atoms with Crippen LogP contribution in [0, 0.1) is 5.92 Å². The molecule has 0 amide bonds. The zero-order chi connectivity index (χ0) is 8.97. The molecule has 1 fully saturated rings. The average Bonchev–Trinajstić information content (AvgIpc) is 2.37. The second kappa shape index (κ2) is 4.83. The quantitative estimate of drug-likeness (QED) is 0.692. The fraction of sp³-hybridized carbons (Fsp3) is 1.00. The van der Waals surface area contributed by atoms with Gasteiger partial charge in [0, 0.05) is 13.1 Å². The molecule has 2 nitrogen and oxygen atoms in total. The number of hydrogen-bond acceptors (Lipinski definition) is 2. The van der Waals surface area contributed by atoms with E-state index in [-0.39, 0.29) is 6.10 Å². The van der Waals surface area contributed by atoms with Crippen molar-refractivity contribution in [1.82, 2.24) is 4.90 Å². The van der Waals surface area contributed by atoms with Crippen molar-refractivity contribution >= 4 is 0 Å². The summed E-state index contributed by atoms with van der Waals surface area (Å²) in [7, 11) is 2.10. The lowest BCUT2D eigenvalue weighted by Gasteiger charge is -2.21. The molecule has 1 N–H and O–H groups in total. The average molecular weight is 171 g/mol. The van der Waals surface area contributed by atoms with E-state index < -0.39 is 0 Å². The molecular formula is C10H21NO. The number of likely N-dealkylation sites (N-methyl/N-ethyl adjacent to an activating group) is 1. The summed E-state index contributed by atoms with van der Waals surface area (Å²) in [5, 5.41) is 9.16. The van der Waals surface area contributed by atoms with Crippen molar-refractivity contribution in [2.45, 2.75) is 38.7 Å². The lowest BCUT2D eigenvalue weighted by atomic mass is 10.1. The van der Waals surface area contributed by atoms with Gasteiger partial charge in [-0.15, -0.1) is 0 Å². The first-order chi connectivity index (χ1) is 5.68. The Balaban J connectivity index is 2.11. The maximum atomic E-state index is 9.16. The van der Waals surface area contributed by atoms with Gasteiger partial charge in [-0.05, 0) is 32.7 Å². The van der Waals surface area contributed by atoms with Gasteiger partial charge in [0.05, 0.1) is 6.10 Å². The molecule has 0 bridgehead atoms. The summed E-state index contributed by atoms with van der Waals surface area (Å²) >= 11 is 0. The maximum absolute atomic E-state index is 9.16. The lowest BCUT2D eigenvalue weighted by Crippen LogP contribution is -2.31. The maximum Gasteiger partial charge on any atom is 0.0638 e. The van der Waals surface area contributed by atoms with Crippen LogP contribution in [0.4, 0.5) is 0 Å². The van der Waals surface area contributed by atoms with Crippen molar-refractivity contribution in [2.24, 2.45) is 5.92 Å². The number of aliphatic hydroxyl groups excluding tert-OH is 1. The topological polar surface area (TPSA) is 23.5 Å². The van der Waals surface area contributed by atoms with Gasteiger partial charge in [-0.25, -0.2) is 0 Å². The third-order valence-electron chi connectivity index (χ3n) is 2.62. The molecule has 0 radical (unpaired) electrons. The first-order valence-electron chi connectivity index (χ1n) is 5.05. The Labute approximate surface area is 75.6 Å². The van der Waals surface area contributed by atoms with Crippen LogP contribution in [0.25, 0.3) is 0 Å². The Hall–Kier alpha value is -0.0800. The lowest BCUT2D eigenvalue weighted by molar-refractivity contribution is 0.132. The molecular weight excluding hydrogens is 150 g/mol. The van der Waals surface area contributed by atoms with Gasteiger partial charge >= 0.3 is 0 Å². The molecule has 0 heterocycles. The first kappa shape index (κ1) is 10.0. The van der Waals surface area contributed by atoms with E-state index in [2.05, 4.69) is 11.9 Å². The minimum absolute atomic E-state index is 0.184. The Kier molecular flexibility index (Phi) is 4.02. The third-order valence-corrected chi connectivity index (χ3v) is 2.62. The minimum Gasteiger partial charge on any atom is -0.392 e. The third kappa shape index (κ3) is 3.55. The van der Waals surface area contributed by atoms with Crippen molar-refractivity contribution in [2.75, 3.05) is 20.1 Å². The van der Waals surface area contributed by atoms with Gasteiger partial charge in [0.2, 0.25) is 0 Å². The van der Waals surface area contributed by atoms with E-state index in [1.807, 2.05) is 6.92 Å². The van der Waals surface area contributed by atoms with E-state index in [4.69, 9.17) is 5.11 Å². The summed E-state index contributed by atoms with van der Waals surface area (Å²) in [6, 6.07) is 0. The highest BCUT2D eigenvalue weighted by Crippen LogP contribution is 2.24. The highest BCUT2D eigenvalue weighted by Gasteiger charge is 2.16. The predicted molar refractivity (Wildman–Crippen MR) is 51.1 cm³/mol. The SMILES string of the molecule is CC(O)CN(C)CC1CCCC1. The van der Waals surface area contributed by atoms with Gasteiger partial charge < -0.3 is 10.0 Å². The van der Waals surface area contributed by atoms with E-state index in [9.17, 15) is 0 Å². The molecule has 1 unspecified atom stereocenters. The predicted octanol–water partition coefficient (Wildman–Crippen LogP) is 1.49. The molecule has 12 heavy (non-hydrogen) atoms. The molecule has 1 atom stereocenters. The van der Waals surface area contributed by atoms with E-state index in [1.165, 1.54) is 32.2 Å². The molecule has 1 rings (SSSR count). The minimum atomic E-state index is -0.184. The molecule has 0 aromatic heterocycles. The zero-order valence-electron chi connectivity index (χ0n) is 8.29. The molecule has 0 spiro atoms. The smallest absolute Gasteiger partial charge is 0.0638 e. The number of aliphatic hydroxyl groups is 1. The van der Waals surface area contributed by atoms with E-state index in [0.717, 1.165) is 12.5 Å². The standard InChI is InChI=1S/C10H21NO/c1-9(12)7-11(2)8-10-5-3-4-6-10/h9-10,12H,3-8H2,1-2H3. The molecule has 0 aliphatic heterocycles. The Bertz CT molecular complexity index is 119. The van der Waals surface area contributed by atoms with Gasteiger partial charge in [-0.1, -0.05) is 12.8 Å². The number of hydrogen-bond donors (Lipinski definition) is 1. The molecule has 1 aliphatic rings. The summed E-state index contributed by atoms with van der Waals surface area (Å²) in [5.74, 6) is 0.897. The number of rotatable bonds is 4. The highest BCUT2D eigenvalue weighted by molar-refractivity contribution is 4.70. The molecule has 2 heteroatoms. The monoisotopic (exact) mass is 171 g/mol. The van der Waals surface area contributed by atoms with Crippen LogP contribution < -0.4 is 0 Å². The molecule has 1 saturated carbocycles. The molecule has 72 valence electrons. The van der Waals surface area contributed by atoms with Gasteiger partial charge in [-0.3, -0.25) is 0 Å². The van der Waals surface area contributed by atoms with Gasteiger partial charge in [-0.2, -0.15) is 0 Å². The van der Waals surface area contributed by atoms with Crippen molar-refractivity contribution in [3.05, 3.63) is 0 Å². The van der Waals surface area contributed by atoms with Crippen LogP contribution >= 0.6 is 0 Å². The van der Waals surface area contributed by atoms with E-state index in [1.54, 1.807) is 0 Å². The van der Waals surface area contributed by atoms with Crippen LogP contribution in [0.1, 0.15) is 32.6 Å². The van der Waals surface area contributed by atoms with Crippen molar-refractivity contribution in [1.29, 1.82) is 0 Å². The normalized spacial score (nSPS) is 22.0. The zero-order valence-corrected chi connectivity index (χ0v) is 8.29. The van der Waals surface area contributed by atoms with Crippen LogP contribution in [0.2, 0.25) is 0 Å². The molecule has 1 aliphatic carbocycles. The van der Waals surface area contributed by atoms with Gasteiger partial charge in [0.1, 0.15) is 0 Å². The number of nitrogens with zero attached hydrogens (tertiary/aromatic N) is 1. The molecule has 0 saturated heterocycles. The van der Waals surface area contributed by atoms with Gasteiger partial charge in [0.15, 0.2) is 0 Å². The van der Waals surface area contributed by atoms with E-state index in [0.29, 0.717) is 0 Å². The van der Waals surface area contributed by atoms with Crippen LogP contribution in [-0.2, 0) is 0 Å². The summed E-state index contributed by atoms with van der Waals surface area (Å²) in [5.41, 5.74) is 0. The van der Waals surface area contributed by atoms with Crippen molar-refractivity contribution in [3.63, 3.8) is 0 Å². The van der Waals surface area contributed by atoms with Crippen molar-refractivity contribution in [3.8, 4) is 0 Å². The summed E-state index contributed by atoms with van der Waals surface area (Å²) in [4.78, 5) is 2.25. The molecule has 0 aromatic rings. The first-order valence-corrected chi connectivity index (χ1v) is 5.05. The van der Waals surface area contributed by atoms with Crippen LogP contribution in [0.15, 0.2) is 0 Å². The summed E-state index contributed by atoms with van der Waals surface area (Å²) in [6.45, 7) is 3.84. The second-order valence-electron chi connectivity index (χ2n) is 4.22. The highest BCUT2D eigenvalue weighted by atomic mass is 16.3. The summed E-state index contributed by atoms with van der Waals surface area (Å²) < 4.78 is 0. The Morgan fingerprint density at radius 3 is 2.50 bits per heavy atom. The summed E-state index contributed by atoms with van der Waals surface area (Å²) in [6.07, 6.45) is 5.42.